The summed E-state index contributed by atoms with van der Waals surface area (Å²) in [5, 5.41) is 21.9. The van der Waals surface area contributed by atoms with Gasteiger partial charge in [-0.2, -0.15) is 8.78 Å². The number of hydrogen-bond donors (Lipinski definition) is 2. The number of fused-ring (bicyclic) bond motifs is 2. The number of anilines is 1. The number of carbonyl (C=O) groups is 1. The highest BCUT2D eigenvalue weighted by Gasteiger charge is 2.48. The summed E-state index contributed by atoms with van der Waals surface area (Å²) in [6.07, 6.45) is -0.179. The van der Waals surface area contributed by atoms with Crippen molar-refractivity contribution < 1.29 is 18.0 Å². The molecule has 0 saturated carbocycles. The number of alkyl halides is 2. The predicted molar refractivity (Wildman–Crippen MR) is 117 cm³/mol. The Labute approximate surface area is 192 Å². The average molecular weight is 463 g/mol. The second-order valence-electron chi connectivity index (χ2n) is 8.47. The highest BCUT2D eigenvalue weighted by molar-refractivity contribution is 6.07. The van der Waals surface area contributed by atoms with Gasteiger partial charge in [0.25, 0.3) is 5.89 Å². The first-order valence-corrected chi connectivity index (χ1v) is 10.8. The van der Waals surface area contributed by atoms with Crippen LogP contribution in [0.1, 0.15) is 29.9 Å². The minimum Gasteiger partial charge on any atom is -0.415 e. The van der Waals surface area contributed by atoms with Crippen LogP contribution in [0.3, 0.4) is 0 Å². The van der Waals surface area contributed by atoms with E-state index in [0.717, 1.165) is 35.3 Å². The summed E-state index contributed by atoms with van der Waals surface area (Å²) in [5.74, 6) is -0.608. The van der Waals surface area contributed by atoms with E-state index >= 15 is 0 Å². The SMILES string of the molecule is O=C1Nc2ccc(-c3cn(Cc4ccc(-c5nnc(C(F)F)o5)cc4)nn3)cc2C12CCNC2. The number of carbonyl (C=O) groups excluding carboxylic acids is 1. The molecule has 1 amide bonds. The van der Waals surface area contributed by atoms with Crippen molar-refractivity contribution in [1.82, 2.24) is 30.5 Å². The molecule has 2 aromatic carbocycles. The zero-order valence-electron chi connectivity index (χ0n) is 17.8. The van der Waals surface area contributed by atoms with Crippen LogP contribution in [0.25, 0.3) is 22.7 Å². The quantitative estimate of drug-likeness (QED) is 0.468. The first-order valence-electron chi connectivity index (χ1n) is 10.8. The third-order valence-corrected chi connectivity index (χ3v) is 6.38. The average Bonchev–Trinajstić information content (AvgIpc) is 3.63. The topological polar surface area (TPSA) is 111 Å². The molecule has 0 radical (unpaired) electrons. The van der Waals surface area contributed by atoms with Gasteiger partial charge in [-0.05, 0) is 48.4 Å². The normalized spacial score (nSPS) is 19.2. The number of rotatable bonds is 5. The number of aromatic nitrogens is 5. The molecule has 9 nitrogen and oxygen atoms in total. The molecule has 0 bridgehead atoms. The van der Waals surface area contributed by atoms with E-state index in [4.69, 9.17) is 4.42 Å². The molecule has 172 valence electrons. The van der Waals surface area contributed by atoms with Crippen LogP contribution in [0, 0.1) is 0 Å². The van der Waals surface area contributed by atoms with Gasteiger partial charge in [-0.1, -0.05) is 23.4 Å². The molecule has 2 aliphatic heterocycles. The Morgan fingerprint density at radius 2 is 1.91 bits per heavy atom. The smallest absolute Gasteiger partial charge is 0.314 e. The van der Waals surface area contributed by atoms with Gasteiger partial charge in [-0.15, -0.1) is 15.3 Å². The first kappa shape index (κ1) is 20.6. The lowest BCUT2D eigenvalue weighted by molar-refractivity contribution is -0.120. The van der Waals surface area contributed by atoms with E-state index in [0.29, 0.717) is 24.3 Å². The lowest BCUT2D eigenvalue weighted by Crippen LogP contribution is -2.36. The monoisotopic (exact) mass is 463 g/mol. The van der Waals surface area contributed by atoms with Crippen LogP contribution in [0.4, 0.5) is 14.5 Å². The highest BCUT2D eigenvalue weighted by atomic mass is 19.3. The Kier molecular flexibility index (Phi) is 4.73. The lowest BCUT2D eigenvalue weighted by atomic mass is 9.80. The molecule has 0 aliphatic carbocycles. The molecular weight excluding hydrogens is 444 g/mol. The molecule has 2 aromatic heterocycles. The van der Waals surface area contributed by atoms with Crippen molar-refractivity contribution in [2.45, 2.75) is 24.8 Å². The summed E-state index contributed by atoms with van der Waals surface area (Å²) in [4.78, 5) is 12.6. The Bertz CT molecular complexity index is 1370. The van der Waals surface area contributed by atoms with Crippen LogP contribution in [0.15, 0.2) is 53.1 Å². The molecule has 2 aliphatic rings. The van der Waals surface area contributed by atoms with E-state index in [1.807, 2.05) is 36.5 Å². The fraction of sp³-hybridized carbons (Fsp3) is 0.261. The maximum absolute atomic E-state index is 12.7. The van der Waals surface area contributed by atoms with Crippen molar-refractivity contribution >= 4 is 11.6 Å². The lowest BCUT2D eigenvalue weighted by Gasteiger charge is -2.19. The molecule has 34 heavy (non-hydrogen) atoms. The van der Waals surface area contributed by atoms with E-state index in [1.165, 1.54) is 0 Å². The number of nitrogens with zero attached hydrogens (tertiary/aromatic N) is 5. The molecule has 2 N–H and O–H groups in total. The largest absolute Gasteiger partial charge is 0.415 e. The summed E-state index contributed by atoms with van der Waals surface area (Å²) in [7, 11) is 0. The third-order valence-electron chi connectivity index (χ3n) is 6.38. The maximum Gasteiger partial charge on any atom is 0.314 e. The Morgan fingerprint density at radius 3 is 2.65 bits per heavy atom. The van der Waals surface area contributed by atoms with E-state index in [1.54, 1.807) is 16.8 Å². The molecular formula is C23H19F2N7O2. The highest BCUT2D eigenvalue weighted by Crippen LogP contribution is 2.43. The summed E-state index contributed by atoms with van der Waals surface area (Å²) in [6.45, 7) is 1.91. The van der Waals surface area contributed by atoms with Crippen molar-refractivity contribution in [2.24, 2.45) is 0 Å². The molecule has 11 heteroatoms. The molecule has 1 atom stereocenters. The fourth-order valence-corrected chi connectivity index (χ4v) is 4.58. The summed E-state index contributed by atoms with van der Waals surface area (Å²) in [6, 6.07) is 13.0. The minimum absolute atomic E-state index is 0.0442. The van der Waals surface area contributed by atoms with Crippen molar-refractivity contribution in [1.29, 1.82) is 0 Å². The van der Waals surface area contributed by atoms with Gasteiger partial charge >= 0.3 is 6.43 Å². The second-order valence-corrected chi connectivity index (χ2v) is 8.47. The van der Waals surface area contributed by atoms with Gasteiger partial charge in [-0.3, -0.25) is 4.79 Å². The molecule has 4 aromatic rings. The number of halogens is 2. The van der Waals surface area contributed by atoms with Crippen LogP contribution < -0.4 is 10.6 Å². The number of benzene rings is 2. The van der Waals surface area contributed by atoms with E-state index < -0.39 is 17.7 Å². The van der Waals surface area contributed by atoms with Crippen molar-refractivity contribution in [3.63, 3.8) is 0 Å². The molecule has 6 rings (SSSR count). The standard InChI is InChI=1S/C23H19F2N7O2/c24-19(25)21-30-29-20(34-21)14-3-1-13(2-4-14)10-32-11-18(28-31-32)15-5-6-17-16(9-15)23(22(33)27-17)7-8-26-12-23/h1-6,9,11,19,26H,7-8,10,12H2,(H,27,33). The molecule has 1 saturated heterocycles. The van der Waals surface area contributed by atoms with Gasteiger partial charge in [0.1, 0.15) is 5.69 Å². The van der Waals surface area contributed by atoms with Gasteiger partial charge in [0.15, 0.2) is 0 Å². The van der Waals surface area contributed by atoms with Crippen molar-refractivity contribution in [3.05, 3.63) is 65.7 Å². The number of nitrogens with one attached hydrogen (secondary N) is 2. The zero-order chi connectivity index (χ0) is 23.3. The van der Waals surface area contributed by atoms with Crippen molar-refractivity contribution in [3.8, 4) is 22.7 Å². The number of hydrogen-bond acceptors (Lipinski definition) is 7. The van der Waals surface area contributed by atoms with Gasteiger partial charge < -0.3 is 15.1 Å². The zero-order valence-corrected chi connectivity index (χ0v) is 17.8. The third kappa shape index (κ3) is 3.36. The predicted octanol–water partition coefficient (Wildman–Crippen LogP) is 3.16. The Morgan fingerprint density at radius 1 is 1.09 bits per heavy atom. The molecule has 4 heterocycles. The van der Waals surface area contributed by atoms with Gasteiger partial charge in [0.05, 0.1) is 18.2 Å². The Balaban J connectivity index is 1.20. The maximum atomic E-state index is 12.7. The molecule has 1 fully saturated rings. The van der Waals surface area contributed by atoms with Crippen LogP contribution in [0.2, 0.25) is 0 Å². The Hall–Kier alpha value is -3.99. The summed E-state index contributed by atoms with van der Waals surface area (Å²) < 4.78 is 32.0. The summed E-state index contributed by atoms with van der Waals surface area (Å²) >= 11 is 0. The van der Waals surface area contributed by atoms with Crippen LogP contribution in [0.5, 0.6) is 0 Å². The van der Waals surface area contributed by atoms with E-state index in [9.17, 15) is 13.6 Å². The van der Waals surface area contributed by atoms with Crippen LogP contribution >= 0.6 is 0 Å². The molecule has 1 spiro atoms. The summed E-state index contributed by atoms with van der Waals surface area (Å²) in [5.41, 5.74) is 4.44. The van der Waals surface area contributed by atoms with Gasteiger partial charge in [0, 0.05) is 23.4 Å². The minimum atomic E-state index is -2.80. The van der Waals surface area contributed by atoms with E-state index in [2.05, 4.69) is 31.1 Å². The van der Waals surface area contributed by atoms with Crippen LogP contribution in [-0.2, 0) is 16.8 Å². The van der Waals surface area contributed by atoms with Crippen LogP contribution in [-0.4, -0.2) is 44.2 Å². The van der Waals surface area contributed by atoms with E-state index in [-0.39, 0.29) is 11.8 Å². The van der Waals surface area contributed by atoms with Gasteiger partial charge in [0.2, 0.25) is 11.8 Å². The first-order chi connectivity index (χ1) is 16.5. The van der Waals surface area contributed by atoms with Gasteiger partial charge in [-0.25, -0.2) is 4.68 Å². The number of amides is 1. The fourth-order valence-electron chi connectivity index (χ4n) is 4.58. The molecule has 1 unspecified atom stereocenters. The second kappa shape index (κ2) is 7.80. The van der Waals surface area contributed by atoms with Crippen molar-refractivity contribution in [2.75, 3.05) is 18.4 Å².